The van der Waals surface area contributed by atoms with Crippen molar-refractivity contribution in [1.29, 1.82) is 0 Å². The van der Waals surface area contributed by atoms with Crippen molar-refractivity contribution in [3.8, 4) is 5.75 Å². The fourth-order valence-electron chi connectivity index (χ4n) is 0.795. The third-order valence-electron chi connectivity index (χ3n) is 1.20. The molecule has 0 atom stereocenters. The van der Waals surface area contributed by atoms with Crippen molar-refractivity contribution in [3.05, 3.63) is 12.0 Å². The first kappa shape index (κ1) is 3.95. The SMILES string of the molecule is c1onc2c1OCC2. The summed E-state index contributed by atoms with van der Waals surface area (Å²) in [5, 5.41) is 3.70. The maximum Gasteiger partial charge on any atom is 0.182 e. The summed E-state index contributed by atoms with van der Waals surface area (Å²) in [5.74, 6) is 0.810. The van der Waals surface area contributed by atoms with Gasteiger partial charge in [0.05, 0.1) is 6.61 Å². The Morgan fingerprint density at radius 1 is 1.62 bits per heavy atom. The van der Waals surface area contributed by atoms with Crippen LogP contribution < -0.4 is 4.74 Å². The molecule has 0 aliphatic carbocycles. The van der Waals surface area contributed by atoms with E-state index in [1.165, 1.54) is 6.26 Å². The van der Waals surface area contributed by atoms with Gasteiger partial charge in [0, 0.05) is 6.42 Å². The topological polar surface area (TPSA) is 35.3 Å². The third-order valence-corrected chi connectivity index (χ3v) is 1.20. The molecule has 0 saturated carbocycles. The predicted octanol–water partition coefficient (Wildman–Crippen LogP) is 0.610. The molecule has 0 unspecified atom stereocenters. The van der Waals surface area contributed by atoms with Crippen molar-refractivity contribution >= 4 is 0 Å². The summed E-state index contributed by atoms with van der Waals surface area (Å²) in [6.07, 6.45) is 2.42. The molecule has 42 valence electrons. The van der Waals surface area contributed by atoms with Gasteiger partial charge in [0.25, 0.3) is 0 Å². The van der Waals surface area contributed by atoms with E-state index in [1.807, 2.05) is 0 Å². The number of nitrogens with zero attached hydrogens (tertiary/aromatic N) is 1. The molecule has 2 heterocycles. The van der Waals surface area contributed by atoms with Gasteiger partial charge in [-0.2, -0.15) is 0 Å². The minimum atomic E-state index is 0.758. The van der Waals surface area contributed by atoms with E-state index in [0.29, 0.717) is 0 Å². The van der Waals surface area contributed by atoms with Gasteiger partial charge in [-0.05, 0) is 0 Å². The van der Waals surface area contributed by atoms with Crippen LogP contribution in [0.4, 0.5) is 0 Å². The Labute approximate surface area is 46.2 Å². The Morgan fingerprint density at radius 2 is 2.62 bits per heavy atom. The molecule has 0 fully saturated rings. The fourth-order valence-corrected chi connectivity index (χ4v) is 0.795. The lowest BCUT2D eigenvalue weighted by atomic mass is 10.4. The lowest BCUT2D eigenvalue weighted by Gasteiger charge is -1.85. The van der Waals surface area contributed by atoms with Crippen LogP contribution in [0.15, 0.2) is 10.8 Å². The molecular formula is C5H5NO2. The fraction of sp³-hybridized carbons (Fsp3) is 0.400. The van der Waals surface area contributed by atoms with E-state index in [9.17, 15) is 0 Å². The summed E-state index contributed by atoms with van der Waals surface area (Å²) >= 11 is 0. The molecule has 8 heavy (non-hydrogen) atoms. The molecule has 3 heteroatoms. The van der Waals surface area contributed by atoms with Crippen molar-refractivity contribution in [2.45, 2.75) is 6.42 Å². The Kier molecular flexibility index (Phi) is 0.614. The van der Waals surface area contributed by atoms with Gasteiger partial charge in [-0.15, -0.1) is 0 Å². The van der Waals surface area contributed by atoms with Crippen LogP contribution in [-0.2, 0) is 6.42 Å². The van der Waals surface area contributed by atoms with E-state index in [0.717, 1.165) is 24.5 Å². The predicted molar refractivity (Wildman–Crippen MR) is 25.7 cm³/mol. The number of ether oxygens (including phenoxy) is 1. The molecule has 1 aliphatic heterocycles. The molecule has 0 aromatic carbocycles. The number of rotatable bonds is 0. The molecule has 0 N–H and O–H groups in total. The number of hydrogen-bond acceptors (Lipinski definition) is 3. The van der Waals surface area contributed by atoms with Crippen molar-refractivity contribution < 1.29 is 9.26 Å². The zero-order chi connectivity index (χ0) is 5.40. The molecular weight excluding hydrogens is 106 g/mol. The molecule has 1 aliphatic rings. The van der Waals surface area contributed by atoms with Crippen molar-refractivity contribution in [3.63, 3.8) is 0 Å². The standard InChI is InChI=1S/C5H5NO2/c1-2-7-5-3-8-6-4(1)5/h3H,1-2H2. The third kappa shape index (κ3) is 0.358. The molecule has 1 aromatic rings. The highest BCUT2D eigenvalue weighted by Crippen LogP contribution is 2.22. The quantitative estimate of drug-likeness (QED) is 0.492. The van der Waals surface area contributed by atoms with Crippen LogP contribution in [0.5, 0.6) is 5.75 Å². The van der Waals surface area contributed by atoms with Crippen LogP contribution in [-0.4, -0.2) is 11.8 Å². The molecule has 0 amide bonds. The van der Waals surface area contributed by atoms with E-state index in [2.05, 4.69) is 9.68 Å². The van der Waals surface area contributed by atoms with Crippen LogP contribution in [0.2, 0.25) is 0 Å². The first-order valence-corrected chi connectivity index (χ1v) is 2.53. The average Bonchev–Trinajstić information content (AvgIpc) is 2.15. The van der Waals surface area contributed by atoms with Crippen LogP contribution >= 0.6 is 0 Å². The Hall–Kier alpha value is -0.990. The molecule has 0 radical (unpaired) electrons. The van der Waals surface area contributed by atoms with Crippen LogP contribution in [0, 0.1) is 0 Å². The molecule has 0 bridgehead atoms. The monoisotopic (exact) mass is 111 g/mol. The van der Waals surface area contributed by atoms with Crippen LogP contribution in [0.1, 0.15) is 5.69 Å². The maximum absolute atomic E-state index is 5.08. The van der Waals surface area contributed by atoms with Gasteiger partial charge in [-0.3, -0.25) is 0 Å². The summed E-state index contributed by atoms with van der Waals surface area (Å²) in [6.45, 7) is 0.758. The highest BCUT2D eigenvalue weighted by atomic mass is 16.5. The van der Waals surface area contributed by atoms with Gasteiger partial charge >= 0.3 is 0 Å². The molecule has 1 aromatic heterocycles. The van der Waals surface area contributed by atoms with Crippen molar-refractivity contribution in [2.75, 3.05) is 6.61 Å². The van der Waals surface area contributed by atoms with Crippen molar-refractivity contribution in [2.24, 2.45) is 0 Å². The zero-order valence-corrected chi connectivity index (χ0v) is 4.26. The summed E-state index contributed by atoms with van der Waals surface area (Å²) in [6, 6.07) is 0. The first-order chi connectivity index (χ1) is 3.97. The number of aromatic nitrogens is 1. The minimum Gasteiger partial charge on any atom is -0.488 e. The Balaban J connectivity index is 2.54. The number of hydrogen-bond donors (Lipinski definition) is 0. The average molecular weight is 111 g/mol. The summed E-state index contributed by atoms with van der Waals surface area (Å²) < 4.78 is 9.69. The molecule has 0 saturated heterocycles. The zero-order valence-electron chi connectivity index (χ0n) is 4.26. The van der Waals surface area contributed by atoms with E-state index in [1.54, 1.807) is 0 Å². The second-order valence-corrected chi connectivity index (χ2v) is 1.72. The normalized spacial score (nSPS) is 15.5. The van der Waals surface area contributed by atoms with E-state index in [-0.39, 0.29) is 0 Å². The highest BCUT2D eigenvalue weighted by molar-refractivity contribution is 5.25. The Bertz CT molecular complexity index is 176. The van der Waals surface area contributed by atoms with E-state index >= 15 is 0 Å². The lowest BCUT2D eigenvalue weighted by molar-refractivity contribution is 0.331. The minimum absolute atomic E-state index is 0.758. The van der Waals surface area contributed by atoms with Gasteiger partial charge in [0.1, 0.15) is 5.69 Å². The largest absolute Gasteiger partial charge is 0.488 e. The molecule has 3 nitrogen and oxygen atoms in total. The van der Waals surface area contributed by atoms with Gasteiger partial charge in [-0.1, -0.05) is 5.16 Å². The highest BCUT2D eigenvalue weighted by Gasteiger charge is 2.14. The summed E-state index contributed by atoms with van der Waals surface area (Å²) in [5.41, 5.74) is 0.949. The second kappa shape index (κ2) is 1.24. The van der Waals surface area contributed by atoms with Crippen molar-refractivity contribution in [1.82, 2.24) is 5.16 Å². The summed E-state index contributed by atoms with van der Waals surface area (Å²) in [4.78, 5) is 0. The Morgan fingerprint density at radius 3 is 3.50 bits per heavy atom. The first-order valence-electron chi connectivity index (χ1n) is 2.53. The van der Waals surface area contributed by atoms with Crippen LogP contribution in [0.25, 0.3) is 0 Å². The smallest absolute Gasteiger partial charge is 0.182 e. The number of fused-ring (bicyclic) bond motifs is 1. The maximum atomic E-state index is 5.08. The van der Waals surface area contributed by atoms with Gasteiger partial charge in [0.15, 0.2) is 12.0 Å². The molecule has 0 spiro atoms. The molecule has 2 rings (SSSR count). The van der Waals surface area contributed by atoms with Gasteiger partial charge in [0.2, 0.25) is 0 Å². The lowest BCUT2D eigenvalue weighted by Crippen LogP contribution is -1.87. The van der Waals surface area contributed by atoms with Gasteiger partial charge in [-0.25, -0.2) is 0 Å². The van der Waals surface area contributed by atoms with E-state index in [4.69, 9.17) is 4.74 Å². The van der Waals surface area contributed by atoms with Gasteiger partial charge < -0.3 is 9.26 Å². The summed E-state index contributed by atoms with van der Waals surface area (Å²) in [7, 11) is 0. The van der Waals surface area contributed by atoms with Crippen LogP contribution in [0.3, 0.4) is 0 Å². The van der Waals surface area contributed by atoms with E-state index < -0.39 is 0 Å². The second-order valence-electron chi connectivity index (χ2n) is 1.72.